The first kappa shape index (κ1) is 10.1. The van der Waals surface area contributed by atoms with Crippen molar-refractivity contribution in [2.45, 2.75) is 25.8 Å². The summed E-state index contributed by atoms with van der Waals surface area (Å²) in [6.45, 7) is 4.34. The molecule has 1 aliphatic rings. The van der Waals surface area contributed by atoms with Gasteiger partial charge in [0.2, 0.25) is 5.91 Å². The van der Waals surface area contributed by atoms with Crippen LogP contribution in [0, 0.1) is 12.3 Å². The van der Waals surface area contributed by atoms with E-state index in [1.165, 1.54) is 0 Å². The van der Waals surface area contributed by atoms with Crippen molar-refractivity contribution in [2.24, 2.45) is 0 Å². The SMILES string of the molecule is C#CCCN1CCCNC(C)C1=O. The minimum atomic E-state index is -0.0553. The first-order valence-electron chi connectivity index (χ1n) is 4.71. The molecule has 1 amide bonds. The Hall–Kier alpha value is -1.01. The molecule has 1 N–H and O–H groups in total. The van der Waals surface area contributed by atoms with Gasteiger partial charge in [0.1, 0.15) is 0 Å². The molecule has 0 aromatic carbocycles. The van der Waals surface area contributed by atoms with Gasteiger partial charge in [0.15, 0.2) is 0 Å². The number of hydrogen-bond acceptors (Lipinski definition) is 2. The molecule has 1 heterocycles. The average molecular weight is 180 g/mol. The minimum Gasteiger partial charge on any atom is -0.340 e. The highest BCUT2D eigenvalue weighted by Gasteiger charge is 2.21. The summed E-state index contributed by atoms with van der Waals surface area (Å²) < 4.78 is 0. The molecule has 1 saturated heterocycles. The molecule has 1 atom stereocenters. The van der Waals surface area contributed by atoms with E-state index < -0.39 is 0 Å². The summed E-state index contributed by atoms with van der Waals surface area (Å²) in [6, 6.07) is -0.0553. The molecule has 1 rings (SSSR count). The molecule has 72 valence electrons. The van der Waals surface area contributed by atoms with Crippen molar-refractivity contribution in [1.82, 2.24) is 10.2 Å². The normalized spacial score (nSPS) is 23.8. The number of amides is 1. The maximum absolute atomic E-state index is 11.6. The fraction of sp³-hybridized carbons (Fsp3) is 0.700. The summed E-state index contributed by atoms with van der Waals surface area (Å²) in [6.07, 6.45) is 6.83. The van der Waals surface area contributed by atoms with Crippen LogP contribution in [0.4, 0.5) is 0 Å². The second-order valence-corrected chi connectivity index (χ2v) is 3.31. The van der Waals surface area contributed by atoms with Crippen LogP contribution >= 0.6 is 0 Å². The molecule has 1 aliphatic heterocycles. The lowest BCUT2D eigenvalue weighted by atomic mass is 10.3. The zero-order valence-corrected chi connectivity index (χ0v) is 8.05. The molecule has 3 heteroatoms. The van der Waals surface area contributed by atoms with Crippen molar-refractivity contribution in [3.05, 3.63) is 0 Å². The second kappa shape index (κ2) is 4.88. The van der Waals surface area contributed by atoms with Crippen LogP contribution in [0.3, 0.4) is 0 Å². The smallest absolute Gasteiger partial charge is 0.239 e. The van der Waals surface area contributed by atoms with E-state index in [1.807, 2.05) is 11.8 Å². The third-order valence-electron chi connectivity index (χ3n) is 2.26. The van der Waals surface area contributed by atoms with Crippen LogP contribution in [0.2, 0.25) is 0 Å². The average Bonchev–Trinajstić information content (AvgIpc) is 2.28. The van der Waals surface area contributed by atoms with Gasteiger partial charge in [0.25, 0.3) is 0 Å². The Labute approximate surface area is 79.5 Å². The lowest BCUT2D eigenvalue weighted by Gasteiger charge is -2.21. The molecule has 0 saturated carbocycles. The summed E-state index contributed by atoms with van der Waals surface area (Å²) >= 11 is 0. The third kappa shape index (κ3) is 2.74. The number of nitrogens with one attached hydrogen (secondary N) is 1. The van der Waals surface area contributed by atoms with E-state index in [-0.39, 0.29) is 11.9 Å². The first-order chi connectivity index (χ1) is 6.25. The van der Waals surface area contributed by atoms with E-state index in [0.717, 1.165) is 19.5 Å². The summed E-state index contributed by atoms with van der Waals surface area (Å²) in [4.78, 5) is 13.5. The van der Waals surface area contributed by atoms with E-state index in [4.69, 9.17) is 6.42 Å². The standard InChI is InChI=1S/C10H16N2O/c1-3-4-7-12-8-5-6-11-9(2)10(12)13/h1,9,11H,4-8H2,2H3. The van der Waals surface area contributed by atoms with Crippen molar-refractivity contribution in [1.29, 1.82) is 0 Å². The van der Waals surface area contributed by atoms with Crippen molar-refractivity contribution >= 4 is 5.91 Å². The number of terminal acetylenes is 1. The predicted molar refractivity (Wildman–Crippen MR) is 52.1 cm³/mol. The maximum Gasteiger partial charge on any atom is 0.239 e. The zero-order chi connectivity index (χ0) is 9.68. The molecule has 3 nitrogen and oxygen atoms in total. The van der Waals surface area contributed by atoms with E-state index >= 15 is 0 Å². The van der Waals surface area contributed by atoms with E-state index in [1.54, 1.807) is 0 Å². The van der Waals surface area contributed by atoms with Crippen LogP contribution in [-0.2, 0) is 4.79 Å². The van der Waals surface area contributed by atoms with Gasteiger partial charge in [-0.15, -0.1) is 12.3 Å². The monoisotopic (exact) mass is 180 g/mol. The molecule has 0 aromatic heterocycles. The summed E-state index contributed by atoms with van der Waals surface area (Å²) in [7, 11) is 0. The molecule has 1 fully saturated rings. The van der Waals surface area contributed by atoms with Crippen LogP contribution in [-0.4, -0.2) is 36.5 Å². The predicted octanol–water partition coefficient (Wildman–Crippen LogP) is 0.220. The molecule has 0 spiro atoms. The van der Waals surface area contributed by atoms with Crippen LogP contribution in [0.25, 0.3) is 0 Å². The Bertz CT molecular complexity index is 219. The van der Waals surface area contributed by atoms with Crippen LogP contribution in [0.5, 0.6) is 0 Å². The topological polar surface area (TPSA) is 32.3 Å². The molecular weight excluding hydrogens is 164 g/mol. The Morgan fingerprint density at radius 2 is 2.54 bits per heavy atom. The lowest BCUT2D eigenvalue weighted by Crippen LogP contribution is -2.41. The zero-order valence-electron chi connectivity index (χ0n) is 8.05. The Morgan fingerprint density at radius 1 is 1.77 bits per heavy atom. The molecule has 0 aromatic rings. The van der Waals surface area contributed by atoms with Gasteiger partial charge in [-0.05, 0) is 19.9 Å². The Morgan fingerprint density at radius 3 is 3.23 bits per heavy atom. The van der Waals surface area contributed by atoms with E-state index in [0.29, 0.717) is 13.0 Å². The molecule has 0 aliphatic carbocycles. The molecular formula is C10H16N2O. The summed E-state index contributed by atoms with van der Waals surface area (Å²) in [5, 5.41) is 3.16. The van der Waals surface area contributed by atoms with E-state index in [9.17, 15) is 4.79 Å². The van der Waals surface area contributed by atoms with Crippen molar-refractivity contribution < 1.29 is 4.79 Å². The molecule has 0 radical (unpaired) electrons. The van der Waals surface area contributed by atoms with Crippen molar-refractivity contribution in [3.63, 3.8) is 0 Å². The Kier molecular flexibility index (Phi) is 3.78. The summed E-state index contributed by atoms with van der Waals surface area (Å²) in [5.41, 5.74) is 0. The van der Waals surface area contributed by atoms with Crippen LogP contribution in [0.1, 0.15) is 19.8 Å². The molecule has 13 heavy (non-hydrogen) atoms. The van der Waals surface area contributed by atoms with Crippen molar-refractivity contribution in [3.8, 4) is 12.3 Å². The van der Waals surface area contributed by atoms with Crippen LogP contribution in [0.15, 0.2) is 0 Å². The van der Waals surface area contributed by atoms with Gasteiger partial charge in [0.05, 0.1) is 6.04 Å². The summed E-state index contributed by atoms with van der Waals surface area (Å²) in [5.74, 6) is 2.73. The molecule has 0 bridgehead atoms. The van der Waals surface area contributed by atoms with Gasteiger partial charge in [-0.2, -0.15) is 0 Å². The highest BCUT2D eigenvalue weighted by Crippen LogP contribution is 2.02. The lowest BCUT2D eigenvalue weighted by molar-refractivity contribution is -0.132. The number of rotatable bonds is 2. The van der Waals surface area contributed by atoms with Gasteiger partial charge >= 0.3 is 0 Å². The van der Waals surface area contributed by atoms with Gasteiger partial charge in [0, 0.05) is 19.5 Å². The largest absolute Gasteiger partial charge is 0.340 e. The van der Waals surface area contributed by atoms with Crippen molar-refractivity contribution in [2.75, 3.05) is 19.6 Å². The highest BCUT2D eigenvalue weighted by molar-refractivity contribution is 5.81. The van der Waals surface area contributed by atoms with Crippen LogP contribution < -0.4 is 5.32 Å². The minimum absolute atomic E-state index is 0.0553. The number of nitrogens with zero attached hydrogens (tertiary/aromatic N) is 1. The fourth-order valence-electron chi connectivity index (χ4n) is 1.48. The van der Waals surface area contributed by atoms with Gasteiger partial charge in [-0.3, -0.25) is 4.79 Å². The second-order valence-electron chi connectivity index (χ2n) is 3.31. The van der Waals surface area contributed by atoms with Gasteiger partial charge in [-0.1, -0.05) is 0 Å². The maximum atomic E-state index is 11.6. The number of hydrogen-bond donors (Lipinski definition) is 1. The third-order valence-corrected chi connectivity index (χ3v) is 2.26. The fourth-order valence-corrected chi connectivity index (χ4v) is 1.48. The Balaban J connectivity index is 2.50. The highest BCUT2D eigenvalue weighted by atomic mass is 16.2. The van der Waals surface area contributed by atoms with E-state index in [2.05, 4.69) is 11.2 Å². The number of carbonyl (C=O) groups excluding carboxylic acids is 1. The molecule has 1 unspecified atom stereocenters. The first-order valence-corrected chi connectivity index (χ1v) is 4.71. The van der Waals surface area contributed by atoms with Gasteiger partial charge in [-0.25, -0.2) is 0 Å². The quantitative estimate of drug-likeness (QED) is 0.617. The number of carbonyl (C=O) groups is 1. The van der Waals surface area contributed by atoms with Gasteiger partial charge < -0.3 is 10.2 Å².